The maximum absolute atomic E-state index is 9.97. The van der Waals surface area contributed by atoms with E-state index in [9.17, 15) is 4.57 Å². The Bertz CT molecular complexity index is 240. The molecular weight excluding hydrogens is 145 g/mol. The van der Waals surface area contributed by atoms with Crippen molar-refractivity contribution in [3.63, 3.8) is 0 Å². The summed E-state index contributed by atoms with van der Waals surface area (Å²) in [5.41, 5.74) is 6.56. The van der Waals surface area contributed by atoms with Crippen molar-refractivity contribution >= 4 is 13.0 Å². The molecule has 0 aliphatic rings. The summed E-state index contributed by atoms with van der Waals surface area (Å²) >= 11 is 0. The molecule has 0 saturated heterocycles. The molecule has 0 bridgehead atoms. The topological polar surface area (TPSA) is 118 Å². The first kappa shape index (κ1) is 8.02. The van der Waals surface area contributed by atoms with E-state index in [0.29, 0.717) is 0 Å². The first-order valence-corrected chi connectivity index (χ1v) is 3.32. The van der Waals surface area contributed by atoms with E-state index < -0.39 is 13.0 Å². The van der Waals surface area contributed by atoms with E-state index in [4.69, 9.17) is 20.6 Å². The van der Waals surface area contributed by atoms with Gasteiger partial charge >= 0.3 is 13.0 Å². The quantitative estimate of drug-likeness (QED) is 0.221. The third-order valence-corrected chi connectivity index (χ3v) is 1.21. The summed E-state index contributed by atoms with van der Waals surface area (Å²) in [6, 6.07) is 1.03. The van der Waals surface area contributed by atoms with Crippen molar-refractivity contribution in [3.05, 3.63) is 5.53 Å². The molecule has 2 N–H and O–H groups in total. The van der Waals surface area contributed by atoms with Crippen molar-refractivity contribution < 1.29 is 19.1 Å². The summed E-state index contributed by atoms with van der Waals surface area (Å²) in [5, 5.41) is 7.83. The third-order valence-electron chi connectivity index (χ3n) is 0.471. The first-order valence-electron chi connectivity index (χ1n) is 1.70. The highest BCUT2D eigenvalue weighted by atomic mass is 31.2. The van der Waals surface area contributed by atoms with Gasteiger partial charge < -0.3 is 15.3 Å². The highest BCUT2D eigenvalue weighted by molar-refractivity contribution is 7.71. The van der Waals surface area contributed by atoms with Crippen LogP contribution in [0.25, 0.3) is 5.53 Å². The lowest BCUT2D eigenvalue weighted by atomic mass is 10.8. The van der Waals surface area contributed by atoms with Gasteiger partial charge in [-0.1, -0.05) is 0 Å². The van der Waals surface area contributed by atoms with Crippen LogP contribution in [0.2, 0.25) is 0 Å². The second kappa shape index (κ2) is 2.53. The Morgan fingerprint density at radius 1 is 1.78 bits per heavy atom. The summed E-state index contributed by atoms with van der Waals surface area (Å²) in [5.74, 6) is 0. The molecule has 0 atom stereocenters. The molecule has 0 heterocycles. The van der Waals surface area contributed by atoms with Crippen LogP contribution < -0.4 is 0 Å². The van der Waals surface area contributed by atoms with E-state index >= 15 is 0 Å². The van der Waals surface area contributed by atoms with E-state index in [-0.39, 0.29) is 0 Å². The van der Waals surface area contributed by atoms with Crippen molar-refractivity contribution in [1.29, 1.82) is 5.26 Å². The van der Waals surface area contributed by atoms with Crippen LogP contribution in [0.3, 0.4) is 0 Å². The van der Waals surface area contributed by atoms with E-state index in [1.54, 1.807) is 0 Å². The minimum Gasteiger partial charge on any atom is -0.359 e. The van der Waals surface area contributed by atoms with E-state index in [1.165, 1.54) is 0 Å². The van der Waals surface area contributed by atoms with Gasteiger partial charge in [0.05, 0.1) is 0 Å². The van der Waals surface area contributed by atoms with E-state index in [2.05, 4.69) is 4.79 Å². The summed E-state index contributed by atoms with van der Waals surface area (Å²) in [6.07, 6.45) is 0. The van der Waals surface area contributed by atoms with Gasteiger partial charge in [-0.2, -0.15) is 5.26 Å². The van der Waals surface area contributed by atoms with Crippen molar-refractivity contribution in [2.24, 2.45) is 0 Å². The lowest BCUT2D eigenvalue weighted by Crippen LogP contribution is -1.95. The number of hydrogen-bond acceptors (Lipinski definition) is 2. The zero-order valence-electron chi connectivity index (χ0n) is 4.09. The van der Waals surface area contributed by atoms with Gasteiger partial charge in [0, 0.05) is 0 Å². The van der Waals surface area contributed by atoms with Gasteiger partial charge in [-0.05, 0) is 0 Å². The van der Waals surface area contributed by atoms with Gasteiger partial charge in [0.25, 0.3) is 0 Å². The fourth-order valence-electron chi connectivity index (χ4n) is 0.146. The second-order valence-electron chi connectivity index (χ2n) is 1.08. The smallest absolute Gasteiger partial charge is 0.359 e. The van der Waals surface area contributed by atoms with Crippen LogP contribution in [0.4, 0.5) is 0 Å². The summed E-state index contributed by atoms with van der Waals surface area (Å²) in [7, 11) is -4.64. The Kier molecular flexibility index (Phi) is 2.26. The van der Waals surface area contributed by atoms with Crippen molar-refractivity contribution in [3.8, 4) is 6.07 Å². The lowest BCUT2D eigenvalue weighted by Gasteiger charge is -1.86. The molecule has 0 fully saturated rings. The Morgan fingerprint density at radius 3 is 2.22 bits per heavy atom. The molecule has 6 nitrogen and oxygen atoms in total. The molecule has 7 heteroatoms. The van der Waals surface area contributed by atoms with Crippen LogP contribution in [0, 0.1) is 11.3 Å². The largest absolute Gasteiger partial charge is 0.476 e. The minimum atomic E-state index is -4.64. The number of nitrogens with zero attached hydrogens (tertiary/aromatic N) is 3. The zero-order chi connectivity index (χ0) is 7.49. The van der Waals surface area contributed by atoms with E-state index in [1.807, 2.05) is 0 Å². The molecule has 0 aromatic heterocycles. The van der Waals surface area contributed by atoms with Crippen LogP contribution in [-0.4, -0.2) is 20.0 Å². The maximum atomic E-state index is 9.97. The molecule has 0 aromatic carbocycles. The van der Waals surface area contributed by atoms with Gasteiger partial charge in [-0.25, -0.2) is 4.57 Å². The SMILES string of the molecule is N#CC(=[N+]=[N-])P(=O)(O)O. The van der Waals surface area contributed by atoms with Crippen LogP contribution in [0.5, 0.6) is 0 Å². The average molecular weight is 147 g/mol. The van der Waals surface area contributed by atoms with Crippen molar-refractivity contribution in [1.82, 2.24) is 0 Å². The highest BCUT2D eigenvalue weighted by Gasteiger charge is 2.31. The zero-order valence-corrected chi connectivity index (χ0v) is 4.99. The molecule has 48 valence electrons. The number of rotatable bonds is 1. The lowest BCUT2D eigenvalue weighted by molar-refractivity contribution is -0.000267. The molecule has 9 heavy (non-hydrogen) atoms. The molecule has 0 amide bonds. The number of hydrogen-bond donors (Lipinski definition) is 2. The maximum Gasteiger partial charge on any atom is 0.476 e. The van der Waals surface area contributed by atoms with Crippen LogP contribution in [0.1, 0.15) is 0 Å². The predicted molar refractivity (Wildman–Crippen MR) is 26.3 cm³/mol. The Morgan fingerprint density at radius 2 is 2.22 bits per heavy atom. The molecule has 0 radical (unpaired) electrons. The van der Waals surface area contributed by atoms with Gasteiger partial charge in [-0.15, -0.1) is 4.79 Å². The molecule has 0 unspecified atom stereocenters. The van der Waals surface area contributed by atoms with Crippen LogP contribution >= 0.6 is 7.60 Å². The fourth-order valence-corrected chi connectivity index (χ4v) is 0.393. The van der Waals surface area contributed by atoms with Crippen molar-refractivity contribution in [2.75, 3.05) is 0 Å². The summed E-state index contributed by atoms with van der Waals surface area (Å²) < 4.78 is 9.97. The van der Waals surface area contributed by atoms with E-state index in [0.717, 1.165) is 6.07 Å². The van der Waals surface area contributed by atoms with Crippen molar-refractivity contribution in [2.45, 2.75) is 0 Å². The van der Waals surface area contributed by atoms with Gasteiger partial charge in [0.2, 0.25) is 0 Å². The molecule has 0 aliphatic heterocycles. The normalized spacial score (nSPS) is 9.44. The molecule has 0 rings (SSSR count). The number of nitriles is 1. The molecule has 0 aromatic rings. The Labute approximate surface area is 50.1 Å². The third kappa shape index (κ3) is 2.17. The standard InChI is InChI=1S/C2H2N3O3P/c3-1-2(5-4)9(6,7)8/h(H2,6,7,8). The fraction of sp³-hybridized carbons (Fsp3) is 0. The van der Waals surface area contributed by atoms with Gasteiger partial charge in [0.1, 0.15) is 0 Å². The van der Waals surface area contributed by atoms with Gasteiger partial charge in [0.15, 0.2) is 6.07 Å². The molecular formula is C2H2N3O3P. The first-order chi connectivity index (χ1) is 4.02. The van der Waals surface area contributed by atoms with Crippen LogP contribution in [-0.2, 0) is 4.57 Å². The summed E-state index contributed by atoms with van der Waals surface area (Å²) in [6.45, 7) is 0. The second-order valence-corrected chi connectivity index (χ2v) is 2.59. The summed E-state index contributed by atoms with van der Waals surface area (Å²) in [4.78, 5) is 18.2. The van der Waals surface area contributed by atoms with Crippen LogP contribution in [0.15, 0.2) is 0 Å². The predicted octanol–water partition coefficient (Wildman–Crippen LogP) is -0.684. The average Bonchev–Trinajstić information content (AvgIpc) is 1.65. The van der Waals surface area contributed by atoms with Gasteiger partial charge in [-0.3, -0.25) is 0 Å². The molecule has 0 aliphatic carbocycles. The minimum absolute atomic E-state index is 1.03. The molecule has 0 spiro atoms. The molecule has 0 saturated carbocycles. The monoisotopic (exact) mass is 147 g/mol. The Hall–Kier alpha value is -0.980. The highest BCUT2D eigenvalue weighted by Crippen LogP contribution is 2.34. The Balaban J connectivity index is 4.84.